The highest BCUT2D eigenvalue weighted by atomic mass is 19.1. The summed E-state index contributed by atoms with van der Waals surface area (Å²) in [5.41, 5.74) is 6.35. The molecule has 2 nitrogen and oxygen atoms in total. The average Bonchev–Trinajstić information content (AvgIpc) is 2.54. The lowest BCUT2D eigenvalue weighted by Gasteiger charge is -2.02. The fourth-order valence-corrected chi connectivity index (χ4v) is 1.83. The van der Waals surface area contributed by atoms with Gasteiger partial charge in [-0.25, -0.2) is 4.39 Å². The van der Waals surface area contributed by atoms with Gasteiger partial charge in [-0.2, -0.15) is 0 Å². The molecule has 2 rings (SSSR count). The molecule has 1 heterocycles. The van der Waals surface area contributed by atoms with Gasteiger partial charge >= 0.3 is 0 Å². The Morgan fingerprint density at radius 2 is 2.15 bits per heavy atom. The molecule has 1 aliphatic carbocycles. The maximum absolute atomic E-state index is 13.3. The van der Waals surface area contributed by atoms with E-state index >= 15 is 0 Å². The van der Waals surface area contributed by atoms with Gasteiger partial charge in [0.25, 0.3) is 0 Å². The standard InChI is InChI=1S/C10H13FN2/c1-10(2)7(9(10)12)8-6(11)4-3-5-13-8/h3-5,7,9H,12H2,1-2H3/t7-,9-/m0/s1. The second kappa shape index (κ2) is 2.51. The van der Waals surface area contributed by atoms with E-state index in [0.717, 1.165) is 0 Å². The topological polar surface area (TPSA) is 38.9 Å². The fraction of sp³-hybridized carbons (Fsp3) is 0.500. The molecule has 1 fully saturated rings. The minimum absolute atomic E-state index is 0.00477. The molecule has 2 N–H and O–H groups in total. The van der Waals surface area contributed by atoms with Crippen LogP contribution in [0, 0.1) is 11.2 Å². The molecule has 3 heteroatoms. The predicted molar refractivity (Wildman–Crippen MR) is 48.7 cm³/mol. The molecule has 0 unspecified atom stereocenters. The summed E-state index contributed by atoms with van der Waals surface area (Å²) >= 11 is 0. The quantitative estimate of drug-likeness (QED) is 0.714. The van der Waals surface area contributed by atoms with Crippen molar-refractivity contribution in [2.75, 3.05) is 0 Å². The number of halogens is 1. The van der Waals surface area contributed by atoms with Gasteiger partial charge in [0.2, 0.25) is 0 Å². The Labute approximate surface area is 77.0 Å². The highest BCUT2D eigenvalue weighted by Crippen LogP contribution is 2.57. The van der Waals surface area contributed by atoms with Crippen LogP contribution in [0.5, 0.6) is 0 Å². The molecule has 0 radical (unpaired) electrons. The summed E-state index contributed by atoms with van der Waals surface area (Å²) in [7, 11) is 0. The first-order chi connectivity index (χ1) is 6.05. The van der Waals surface area contributed by atoms with Crippen LogP contribution >= 0.6 is 0 Å². The Morgan fingerprint density at radius 3 is 2.62 bits per heavy atom. The third-order valence-electron chi connectivity index (χ3n) is 2.99. The second-order valence-electron chi connectivity index (χ2n) is 4.20. The predicted octanol–water partition coefficient (Wildman–Crippen LogP) is 1.67. The van der Waals surface area contributed by atoms with E-state index in [9.17, 15) is 4.39 Å². The molecule has 0 aliphatic heterocycles. The zero-order chi connectivity index (χ0) is 9.64. The van der Waals surface area contributed by atoms with Crippen molar-refractivity contribution in [3.8, 4) is 0 Å². The first kappa shape index (κ1) is 8.63. The highest BCUT2D eigenvalue weighted by Gasteiger charge is 2.57. The molecular formula is C10H13FN2. The van der Waals surface area contributed by atoms with E-state index in [2.05, 4.69) is 4.98 Å². The van der Waals surface area contributed by atoms with Gasteiger partial charge in [0.15, 0.2) is 0 Å². The van der Waals surface area contributed by atoms with Crippen molar-refractivity contribution in [3.05, 3.63) is 29.8 Å². The molecule has 0 saturated heterocycles. The number of hydrogen-bond donors (Lipinski definition) is 1. The summed E-state index contributed by atoms with van der Waals surface area (Å²) in [4.78, 5) is 4.03. The van der Waals surface area contributed by atoms with Crippen LogP contribution in [0.15, 0.2) is 18.3 Å². The summed E-state index contributed by atoms with van der Waals surface area (Å²) in [6.07, 6.45) is 1.61. The van der Waals surface area contributed by atoms with Crippen LogP contribution in [0.2, 0.25) is 0 Å². The minimum Gasteiger partial charge on any atom is -0.327 e. The maximum atomic E-state index is 13.3. The molecular weight excluding hydrogens is 167 g/mol. The largest absolute Gasteiger partial charge is 0.327 e. The molecule has 1 aromatic heterocycles. The van der Waals surface area contributed by atoms with E-state index in [-0.39, 0.29) is 23.2 Å². The van der Waals surface area contributed by atoms with E-state index in [1.807, 2.05) is 13.8 Å². The average molecular weight is 180 g/mol. The summed E-state index contributed by atoms with van der Waals surface area (Å²) < 4.78 is 13.3. The van der Waals surface area contributed by atoms with Crippen molar-refractivity contribution in [1.82, 2.24) is 4.98 Å². The number of pyridine rings is 1. The number of rotatable bonds is 1. The zero-order valence-electron chi connectivity index (χ0n) is 7.79. The Kier molecular flexibility index (Phi) is 1.67. The van der Waals surface area contributed by atoms with Crippen molar-refractivity contribution >= 4 is 0 Å². The molecule has 1 aliphatic rings. The SMILES string of the molecule is CC1(C)[C@@H](N)[C@@H]1c1ncccc1F. The van der Waals surface area contributed by atoms with E-state index < -0.39 is 0 Å². The molecule has 0 spiro atoms. The molecule has 2 atom stereocenters. The summed E-state index contributed by atoms with van der Waals surface area (Å²) in [5.74, 6) is -0.165. The lowest BCUT2D eigenvalue weighted by molar-refractivity contribution is 0.561. The molecule has 0 bridgehead atoms. The molecule has 1 aromatic rings. The molecule has 0 aromatic carbocycles. The Bertz CT molecular complexity index is 335. The fourth-order valence-electron chi connectivity index (χ4n) is 1.83. The zero-order valence-corrected chi connectivity index (χ0v) is 7.79. The monoisotopic (exact) mass is 180 g/mol. The van der Waals surface area contributed by atoms with Crippen molar-refractivity contribution in [2.24, 2.45) is 11.1 Å². The smallest absolute Gasteiger partial charge is 0.145 e. The van der Waals surface area contributed by atoms with Gasteiger partial charge in [0.05, 0.1) is 5.69 Å². The first-order valence-electron chi connectivity index (χ1n) is 4.41. The van der Waals surface area contributed by atoms with Crippen molar-refractivity contribution in [2.45, 2.75) is 25.8 Å². The highest BCUT2D eigenvalue weighted by molar-refractivity contribution is 5.29. The van der Waals surface area contributed by atoms with Crippen molar-refractivity contribution in [3.63, 3.8) is 0 Å². The van der Waals surface area contributed by atoms with Gasteiger partial charge in [-0.05, 0) is 17.5 Å². The lowest BCUT2D eigenvalue weighted by atomic mass is 10.1. The first-order valence-corrected chi connectivity index (χ1v) is 4.41. The van der Waals surface area contributed by atoms with Crippen molar-refractivity contribution in [1.29, 1.82) is 0 Å². The van der Waals surface area contributed by atoms with Gasteiger partial charge in [0.1, 0.15) is 5.82 Å². The van der Waals surface area contributed by atoms with Gasteiger partial charge in [-0.15, -0.1) is 0 Å². The van der Waals surface area contributed by atoms with Gasteiger partial charge in [-0.1, -0.05) is 13.8 Å². The van der Waals surface area contributed by atoms with Crippen LogP contribution in [-0.4, -0.2) is 11.0 Å². The Balaban J connectivity index is 2.34. The normalized spacial score (nSPS) is 30.2. The number of hydrogen-bond acceptors (Lipinski definition) is 2. The van der Waals surface area contributed by atoms with Gasteiger partial charge < -0.3 is 5.73 Å². The van der Waals surface area contributed by atoms with E-state index in [1.165, 1.54) is 6.07 Å². The molecule has 0 amide bonds. The van der Waals surface area contributed by atoms with E-state index in [1.54, 1.807) is 12.3 Å². The van der Waals surface area contributed by atoms with Crippen LogP contribution in [0.4, 0.5) is 4.39 Å². The summed E-state index contributed by atoms with van der Waals surface area (Å²) in [5, 5.41) is 0. The van der Waals surface area contributed by atoms with Gasteiger partial charge in [-0.3, -0.25) is 4.98 Å². The lowest BCUT2D eigenvalue weighted by Crippen LogP contribution is -2.06. The van der Waals surface area contributed by atoms with Crippen LogP contribution < -0.4 is 5.73 Å². The van der Waals surface area contributed by atoms with E-state index in [0.29, 0.717) is 5.69 Å². The maximum Gasteiger partial charge on any atom is 0.145 e. The van der Waals surface area contributed by atoms with Gasteiger partial charge in [0, 0.05) is 18.2 Å². The third kappa shape index (κ3) is 1.15. The number of nitrogens with two attached hydrogens (primary N) is 1. The molecule has 70 valence electrons. The van der Waals surface area contributed by atoms with Crippen LogP contribution in [0.3, 0.4) is 0 Å². The van der Waals surface area contributed by atoms with E-state index in [4.69, 9.17) is 5.73 Å². The Hall–Kier alpha value is -0.960. The third-order valence-corrected chi connectivity index (χ3v) is 2.99. The summed E-state index contributed by atoms with van der Waals surface area (Å²) in [6.45, 7) is 4.08. The molecule has 13 heavy (non-hydrogen) atoms. The minimum atomic E-state index is -0.242. The number of aromatic nitrogens is 1. The van der Waals surface area contributed by atoms with Crippen LogP contribution in [0.1, 0.15) is 25.5 Å². The molecule has 1 saturated carbocycles. The Morgan fingerprint density at radius 1 is 1.54 bits per heavy atom. The van der Waals surface area contributed by atoms with Crippen LogP contribution in [0.25, 0.3) is 0 Å². The second-order valence-corrected chi connectivity index (χ2v) is 4.20. The number of nitrogens with zero attached hydrogens (tertiary/aromatic N) is 1. The van der Waals surface area contributed by atoms with Crippen LogP contribution in [-0.2, 0) is 0 Å². The summed E-state index contributed by atoms with van der Waals surface area (Å²) in [6, 6.07) is 3.07. The van der Waals surface area contributed by atoms with Crippen molar-refractivity contribution < 1.29 is 4.39 Å².